The molecule has 1 aliphatic heterocycles. The molecule has 0 bridgehead atoms. The summed E-state index contributed by atoms with van der Waals surface area (Å²) < 4.78 is 4.86. The van der Waals surface area contributed by atoms with Crippen molar-refractivity contribution < 1.29 is 29.8 Å². The largest absolute Gasteiger partial charge is 0.396 e. The van der Waals surface area contributed by atoms with Gasteiger partial charge in [-0.3, -0.25) is 0 Å². The van der Waals surface area contributed by atoms with E-state index in [0.717, 1.165) is 19.3 Å². The molecule has 1 aliphatic rings. The molecule has 1 fully saturated rings. The maximum atomic E-state index is 9.41. The Hall–Kier alpha value is -0.240. The quantitative estimate of drug-likeness (QED) is 0.290. The van der Waals surface area contributed by atoms with E-state index < -0.39 is 11.9 Å². The third-order valence-electron chi connectivity index (χ3n) is 3.48. The van der Waals surface area contributed by atoms with Crippen LogP contribution in [0, 0.1) is 0 Å². The Labute approximate surface area is 120 Å². The molecule has 0 aromatic rings. The summed E-state index contributed by atoms with van der Waals surface area (Å²) in [7, 11) is 0. The van der Waals surface area contributed by atoms with E-state index in [4.69, 9.17) is 14.9 Å². The minimum Gasteiger partial charge on any atom is -0.335 e. The molecule has 1 atom stereocenters. The van der Waals surface area contributed by atoms with Crippen LogP contribution in [0.3, 0.4) is 0 Å². The second-order valence-corrected chi connectivity index (χ2v) is 5.39. The monoisotopic (exact) mass is 292 g/mol. The van der Waals surface area contributed by atoms with Gasteiger partial charge in [0.25, 0.3) is 0 Å². The van der Waals surface area contributed by atoms with Crippen molar-refractivity contribution >= 4 is 0 Å². The molecule has 0 aromatic carbocycles. The Morgan fingerprint density at radius 1 is 0.750 bits per heavy atom. The molecule has 6 heteroatoms. The number of aliphatic hydroxyl groups is 3. The molecule has 0 amide bonds. The van der Waals surface area contributed by atoms with Crippen LogP contribution >= 0.6 is 0 Å². The van der Waals surface area contributed by atoms with Crippen LogP contribution in [0.1, 0.15) is 71.1 Å². The van der Waals surface area contributed by atoms with Gasteiger partial charge in [0, 0.05) is 0 Å². The molecule has 1 saturated heterocycles. The molecule has 0 radical (unpaired) electrons. The van der Waals surface area contributed by atoms with Crippen LogP contribution in [0.15, 0.2) is 0 Å². The van der Waals surface area contributed by atoms with E-state index in [2.05, 4.69) is 16.7 Å². The fourth-order valence-corrected chi connectivity index (χ4v) is 2.11. The van der Waals surface area contributed by atoms with E-state index in [1.807, 2.05) is 0 Å². The molecule has 20 heavy (non-hydrogen) atoms. The van der Waals surface area contributed by atoms with E-state index >= 15 is 0 Å². The summed E-state index contributed by atoms with van der Waals surface area (Å²) in [5, 5.41) is 27.5. The summed E-state index contributed by atoms with van der Waals surface area (Å²) in [4.78, 5) is 8.08. The first-order valence-electron chi connectivity index (χ1n) is 7.70. The molecule has 1 rings (SSSR count). The number of ether oxygens (including phenoxy) is 1. The Bertz CT molecular complexity index is 258. The highest BCUT2D eigenvalue weighted by molar-refractivity contribution is 4.69. The zero-order valence-electron chi connectivity index (χ0n) is 12.3. The predicted octanol–water partition coefficient (Wildman–Crippen LogP) is 2.17. The third kappa shape index (κ3) is 5.63. The Morgan fingerprint density at radius 3 is 1.65 bits per heavy atom. The van der Waals surface area contributed by atoms with Crippen molar-refractivity contribution in [2.75, 3.05) is 6.61 Å². The first kappa shape index (κ1) is 17.8. The number of hydrogen-bond acceptors (Lipinski definition) is 6. The van der Waals surface area contributed by atoms with Gasteiger partial charge in [0.1, 0.15) is 0 Å². The summed E-state index contributed by atoms with van der Waals surface area (Å²) in [6, 6.07) is 0. The summed E-state index contributed by atoms with van der Waals surface area (Å²) in [6.45, 7) is 2.41. The second-order valence-electron chi connectivity index (χ2n) is 5.39. The average molecular weight is 292 g/mol. The van der Waals surface area contributed by atoms with E-state index in [9.17, 15) is 5.11 Å². The van der Waals surface area contributed by atoms with Crippen LogP contribution in [0.25, 0.3) is 0 Å². The van der Waals surface area contributed by atoms with Crippen molar-refractivity contribution in [1.82, 2.24) is 0 Å². The van der Waals surface area contributed by atoms with Crippen LogP contribution in [0.2, 0.25) is 0 Å². The summed E-state index contributed by atoms with van der Waals surface area (Å²) in [5.41, 5.74) is 0. The number of hydrogen-bond donors (Lipinski definition) is 3. The highest BCUT2D eigenvalue weighted by Gasteiger charge is 2.65. The minimum absolute atomic E-state index is 0.194. The van der Waals surface area contributed by atoms with Crippen LogP contribution in [-0.2, 0) is 14.5 Å². The van der Waals surface area contributed by atoms with Crippen molar-refractivity contribution in [2.45, 2.75) is 83.1 Å². The third-order valence-corrected chi connectivity index (χ3v) is 3.48. The van der Waals surface area contributed by atoms with Crippen molar-refractivity contribution in [3.8, 4) is 0 Å². The highest BCUT2D eigenvalue weighted by Crippen LogP contribution is 2.35. The van der Waals surface area contributed by atoms with E-state index in [0.29, 0.717) is 0 Å². The maximum Gasteiger partial charge on any atom is 0.396 e. The summed E-state index contributed by atoms with van der Waals surface area (Å²) in [6.07, 6.45) is 11.9. The van der Waals surface area contributed by atoms with Crippen molar-refractivity contribution in [3.05, 3.63) is 0 Å². The van der Waals surface area contributed by atoms with Crippen LogP contribution < -0.4 is 0 Å². The lowest BCUT2D eigenvalue weighted by Crippen LogP contribution is -2.68. The topological polar surface area (TPSA) is 88.4 Å². The molecule has 0 aliphatic carbocycles. The Kier molecular flexibility index (Phi) is 7.94. The minimum atomic E-state index is -2.77. The first-order chi connectivity index (χ1) is 9.52. The molecule has 0 aromatic heterocycles. The van der Waals surface area contributed by atoms with Gasteiger partial charge in [-0.1, -0.05) is 64.7 Å². The van der Waals surface area contributed by atoms with Crippen molar-refractivity contribution in [3.63, 3.8) is 0 Å². The van der Waals surface area contributed by atoms with Gasteiger partial charge in [0.2, 0.25) is 0 Å². The van der Waals surface area contributed by atoms with Crippen LogP contribution in [-0.4, -0.2) is 33.9 Å². The summed E-state index contributed by atoms with van der Waals surface area (Å²) >= 11 is 0. The van der Waals surface area contributed by atoms with Crippen molar-refractivity contribution in [2.24, 2.45) is 0 Å². The molecule has 6 nitrogen and oxygen atoms in total. The maximum absolute atomic E-state index is 9.41. The van der Waals surface area contributed by atoms with E-state index in [-0.39, 0.29) is 6.61 Å². The molecule has 0 spiro atoms. The molecule has 1 heterocycles. The molecule has 3 N–H and O–H groups in total. The van der Waals surface area contributed by atoms with Crippen molar-refractivity contribution in [1.29, 1.82) is 0 Å². The number of unbranched alkanes of at least 4 members (excludes halogenated alkanes) is 9. The normalized spacial score (nSPS) is 24.6. The smallest absolute Gasteiger partial charge is 0.335 e. The Balaban J connectivity index is 1.84. The fourth-order valence-electron chi connectivity index (χ4n) is 2.11. The predicted molar refractivity (Wildman–Crippen MR) is 72.1 cm³/mol. The van der Waals surface area contributed by atoms with Gasteiger partial charge in [-0.25, -0.2) is 0 Å². The first-order valence-corrected chi connectivity index (χ1v) is 7.70. The van der Waals surface area contributed by atoms with Gasteiger partial charge < -0.3 is 20.1 Å². The molecular weight excluding hydrogens is 264 g/mol. The standard InChI is InChI=1S/C14H28O6/c1-2-3-4-5-6-7-8-9-10-11-12-18-14(17)13(15,16)19-20-14/h15-17H,2-12H2,1H3. The number of rotatable bonds is 12. The molecular formula is C14H28O6. The van der Waals surface area contributed by atoms with E-state index in [1.54, 1.807) is 0 Å². The van der Waals surface area contributed by atoms with Gasteiger partial charge >= 0.3 is 11.9 Å². The molecule has 0 saturated carbocycles. The van der Waals surface area contributed by atoms with Gasteiger partial charge in [0.15, 0.2) is 0 Å². The van der Waals surface area contributed by atoms with Gasteiger partial charge in [0.05, 0.1) is 6.61 Å². The SMILES string of the molecule is CCCCCCCCCCCCOC1(O)OOC1(O)O. The van der Waals surface area contributed by atoms with Gasteiger partial charge in [-0.15, -0.1) is 0 Å². The highest BCUT2D eigenvalue weighted by atomic mass is 17.4. The fraction of sp³-hybridized carbons (Fsp3) is 1.00. The lowest BCUT2D eigenvalue weighted by molar-refractivity contribution is -0.748. The molecule has 120 valence electrons. The molecule has 1 unspecified atom stereocenters. The lowest BCUT2D eigenvalue weighted by Gasteiger charge is -2.42. The van der Waals surface area contributed by atoms with E-state index in [1.165, 1.54) is 44.9 Å². The Morgan fingerprint density at radius 2 is 1.25 bits per heavy atom. The zero-order valence-corrected chi connectivity index (χ0v) is 12.3. The lowest BCUT2D eigenvalue weighted by atomic mass is 10.1. The summed E-state index contributed by atoms with van der Waals surface area (Å²) in [5.74, 6) is -5.22. The average Bonchev–Trinajstić information content (AvgIpc) is 2.43. The van der Waals surface area contributed by atoms with Crippen LogP contribution in [0.4, 0.5) is 0 Å². The van der Waals surface area contributed by atoms with Crippen LogP contribution in [0.5, 0.6) is 0 Å². The van der Waals surface area contributed by atoms with Gasteiger partial charge in [-0.05, 0) is 6.42 Å². The zero-order chi connectivity index (χ0) is 14.9. The van der Waals surface area contributed by atoms with Gasteiger partial charge in [-0.2, -0.15) is 9.78 Å². The second kappa shape index (κ2) is 8.92.